The Balaban J connectivity index is 2.67. The molecule has 4 nitrogen and oxygen atoms in total. The molecule has 0 aliphatic carbocycles. The summed E-state index contributed by atoms with van der Waals surface area (Å²) in [6.07, 6.45) is 0.860. The Hall–Kier alpha value is -1.94. The molecule has 1 heterocycles. The number of hydrogen-bond acceptors (Lipinski definition) is 4. The van der Waals surface area contributed by atoms with Crippen molar-refractivity contribution in [3.8, 4) is 11.4 Å². The lowest BCUT2D eigenvalue weighted by Crippen LogP contribution is -2.14. The van der Waals surface area contributed by atoms with Crippen LogP contribution in [-0.2, 0) is 6.42 Å². The molecule has 100 valence electrons. The Bertz CT molecular complexity index is 585. The van der Waals surface area contributed by atoms with Crippen molar-refractivity contribution < 1.29 is 0 Å². The lowest BCUT2D eigenvalue weighted by atomic mass is 10.0. The smallest absolute Gasteiger partial charge is 0.162 e. The van der Waals surface area contributed by atoms with E-state index >= 15 is 0 Å². The molecular formula is C15H20N4. The van der Waals surface area contributed by atoms with Gasteiger partial charge in [-0.3, -0.25) is 0 Å². The molecule has 0 unspecified atom stereocenters. The van der Waals surface area contributed by atoms with Crippen molar-refractivity contribution in [2.24, 2.45) is 5.84 Å². The topological polar surface area (TPSA) is 63.8 Å². The van der Waals surface area contributed by atoms with Crippen molar-refractivity contribution in [2.45, 2.75) is 34.1 Å². The minimum Gasteiger partial charge on any atom is -0.308 e. The molecule has 2 rings (SSSR count). The molecule has 3 N–H and O–H groups in total. The Kier molecular flexibility index (Phi) is 3.81. The predicted molar refractivity (Wildman–Crippen MR) is 78.9 cm³/mol. The molecule has 0 fully saturated rings. The summed E-state index contributed by atoms with van der Waals surface area (Å²) in [4.78, 5) is 9.21. The number of hydrogen-bond donors (Lipinski definition) is 2. The number of aromatic nitrogens is 2. The summed E-state index contributed by atoms with van der Waals surface area (Å²) in [5.41, 5.74) is 8.16. The summed E-state index contributed by atoms with van der Waals surface area (Å²) in [6, 6.07) is 6.19. The zero-order valence-corrected chi connectivity index (χ0v) is 11.9. The van der Waals surface area contributed by atoms with E-state index in [1.165, 1.54) is 11.1 Å². The van der Waals surface area contributed by atoms with Gasteiger partial charge in [0, 0.05) is 16.8 Å². The SMILES string of the molecule is CCc1c(C)nc(-c2c(C)cccc2C)nc1NN. The normalized spacial score (nSPS) is 10.6. The Labute approximate surface area is 114 Å². The minimum absolute atomic E-state index is 0.715. The van der Waals surface area contributed by atoms with Gasteiger partial charge in [-0.25, -0.2) is 15.8 Å². The van der Waals surface area contributed by atoms with Crippen LogP contribution in [0.2, 0.25) is 0 Å². The minimum atomic E-state index is 0.715. The second-order valence-corrected chi connectivity index (χ2v) is 4.72. The molecule has 1 aromatic carbocycles. The van der Waals surface area contributed by atoms with E-state index in [4.69, 9.17) is 5.84 Å². The molecule has 0 bridgehead atoms. The number of aryl methyl sites for hydroxylation is 3. The third-order valence-electron chi connectivity index (χ3n) is 3.41. The Morgan fingerprint density at radius 1 is 1.11 bits per heavy atom. The summed E-state index contributed by atoms with van der Waals surface area (Å²) in [6.45, 7) is 8.22. The van der Waals surface area contributed by atoms with Crippen LogP contribution in [0.1, 0.15) is 29.3 Å². The van der Waals surface area contributed by atoms with E-state index in [0.717, 1.165) is 29.1 Å². The third kappa shape index (κ3) is 2.44. The van der Waals surface area contributed by atoms with Gasteiger partial charge in [0.05, 0.1) is 0 Å². The van der Waals surface area contributed by atoms with E-state index in [1.54, 1.807) is 0 Å². The van der Waals surface area contributed by atoms with Crippen molar-refractivity contribution in [3.05, 3.63) is 40.6 Å². The van der Waals surface area contributed by atoms with E-state index in [9.17, 15) is 0 Å². The molecule has 0 amide bonds. The molecule has 0 atom stereocenters. The number of nitrogen functional groups attached to an aromatic ring is 1. The zero-order chi connectivity index (χ0) is 14.0. The number of anilines is 1. The summed E-state index contributed by atoms with van der Waals surface area (Å²) < 4.78 is 0. The fourth-order valence-electron chi connectivity index (χ4n) is 2.42. The van der Waals surface area contributed by atoms with Gasteiger partial charge in [0.2, 0.25) is 0 Å². The van der Waals surface area contributed by atoms with E-state index < -0.39 is 0 Å². The highest BCUT2D eigenvalue weighted by Gasteiger charge is 2.13. The van der Waals surface area contributed by atoms with Crippen LogP contribution in [0.4, 0.5) is 5.82 Å². The van der Waals surface area contributed by atoms with Gasteiger partial charge in [-0.15, -0.1) is 0 Å². The number of benzene rings is 1. The highest BCUT2D eigenvalue weighted by molar-refractivity contribution is 5.66. The second kappa shape index (κ2) is 5.36. The van der Waals surface area contributed by atoms with E-state index in [0.29, 0.717) is 5.82 Å². The first-order valence-electron chi connectivity index (χ1n) is 6.49. The van der Waals surface area contributed by atoms with E-state index in [-0.39, 0.29) is 0 Å². The first-order chi connectivity index (χ1) is 9.08. The van der Waals surface area contributed by atoms with Crippen molar-refractivity contribution in [1.29, 1.82) is 0 Å². The summed E-state index contributed by atoms with van der Waals surface area (Å²) in [7, 11) is 0. The average Bonchev–Trinajstić information content (AvgIpc) is 2.37. The largest absolute Gasteiger partial charge is 0.308 e. The Morgan fingerprint density at radius 2 is 1.74 bits per heavy atom. The lowest BCUT2D eigenvalue weighted by Gasteiger charge is -2.14. The van der Waals surface area contributed by atoms with Gasteiger partial charge in [0.1, 0.15) is 5.82 Å². The van der Waals surface area contributed by atoms with Crippen LogP contribution in [0.25, 0.3) is 11.4 Å². The van der Waals surface area contributed by atoms with Gasteiger partial charge >= 0.3 is 0 Å². The maximum atomic E-state index is 5.58. The van der Waals surface area contributed by atoms with Crippen LogP contribution in [-0.4, -0.2) is 9.97 Å². The number of nitrogens with one attached hydrogen (secondary N) is 1. The molecule has 0 spiro atoms. The van der Waals surface area contributed by atoms with Crippen LogP contribution in [0.15, 0.2) is 18.2 Å². The van der Waals surface area contributed by atoms with Crippen molar-refractivity contribution in [1.82, 2.24) is 9.97 Å². The van der Waals surface area contributed by atoms with Crippen molar-refractivity contribution in [3.63, 3.8) is 0 Å². The maximum absolute atomic E-state index is 5.58. The molecule has 1 aromatic heterocycles. The molecule has 0 aliphatic heterocycles. The second-order valence-electron chi connectivity index (χ2n) is 4.72. The summed E-state index contributed by atoms with van der Waals surface area (Å²) in [5.74, 6) is 7.03. The number of nitrogens with zero attached hydrogens (tertiary/aromatic N) is 2. The van der Waals surface area contributed by atoms with Crippen LogP contribution in [0.3, 0.4) is 0 Å². The first-order valence-corrected chi connectivity index (χ1v) is 6.49. The lowest BCUT2D eigenvalue weighted by molar-refractivity contribution is 0.992. The standard InChI is InChI=1S/C15H20N4/c1-5-12-11(4)17-15(18-14(12)19-16)13-9(2)7-6-8-10(13)3/h6-8H,5,16H2,1-4H3,(H,17,18,19). The quantitative estimate of drug-likeness (QED) is 0.654. The van der Waals surface area contributed by atoms with Gasteiger partial charge in [0.15, 0.2) is 5.82 Å². The molecule has 0 aliphatic rings. The molecule has 19 heavy (non-hydrogen) atoms. The van der Waals surface area contributed by atoms with E-state index in [2.05, 4.69) is 48.3 Å². The van der Waals surface area contributed by atoms with Gasteiger partial charge in [-0.1, -0.05) is 25.1 Å². The first kappa shape index (κ1) is 13.5. The average molecular weight is 256 g/mol. The highest BCUT2D eigenvalue weighted by atomic mass is 15.3. The molecule has 4 heteroatoms. The highest BCUT2D eigenvalue weighted by Crippen LogP contribution is 2.27. The van der Waals surface area contributed by atoms with Crippen LogP contribution >= 0.6 is 0 Å². The van der Waals surface area contributed by atoms with E-state index in [1.807, 2.05) is 13.0 Å². The molecule has 0 radical (unpaired) electrons. The molecule has 2 aromatic rings. The number of hydrazine groups is 1. The predicted octanol–water partition coefficient (Wildman–Crippen LogP) is 2.92. The van der Waals surface area contributed by atoms with Crippen LogP contribution in [0, 0.1) is 20.8 Å². The van der Waals surface area contributed by atoms with Crippen LogP contribution < -0.4 is 11.3 Å². The fourth-order valence-corrected chi connectivity index (χ4v) is 2.42. The summed E-state index contributed by atoms with van der Waals surface area (Å²) >= 11 is 0. The number of rotatable bonds is 3. The van der Waals surface area contributed by atoms with Gasteiger partial charge < -0.3 is 5.43 Å². The van der Waals surface area contributed by atoms with Gasteiger partial charge in [0.25, 0.3) is 0 Å². The Morgan fingerprint density at radius 3 is 2.26 bits per heavy atom. The van der Waals surface area contributed by atoms with Gasteiger partial charge in [-0.2, -0.15) is 0 Å². The van der Waals surface area contributed by atoms with Crippen molar-refractivity contribution >= 4 is 5.82 Å². The third-order valence-corrected chi connectivity index (χ3v) is 3.41. The molecular weight excluding hydrogens is 236 g/mol. The van der Waals surface area contributed by atoms with Crippen LogP contribution in [0.5, 0.6) is 0 Å². The fraction of sp³-hybridized carbons (Fsp3) is 0.333. The van der Waals surface area contributed by atoms with Crippen molar-refractivity contribution in [2.75, 3.05) is 5.43 Å². The monoisotopic (exact) mass is 256 g/mol. The summed E-state index contributed by atoms with van der Waals surface area (Å²) in [5, 5.41) is 0. The molecule has 0 saturated carbocycles. The molecule has 0 saturated heterocycles. The van der Waals surface area contributed by atoms with Gasteiger partial charge in [-0.05, 0) is 38.3 Å². The maximum Gasteiger partial charge on any atom is 0.162 e. The number of nitrogens with two attached hydrogens (primary N) is 1. The zero-order valence-electron chi connectivity index (χ0n) is 11.9.